The first-order valence-corrected chi connectivity index (χ1v) is 16.5. The summed E-state index contributed by atoms with van der Waals surface area (Å²) in [5.74, 6) is -0.169. The summed E-state index contributed by atoms with van der Waals surface area (Å²) < 4.78 is 0. The van der Waals surface area contributed by atoms with Gasteiger partial charge in [0, 0.05) is 56.4 Å². The molecule has 44 heavy (non-hydrogen) atoms. The third-order valence-electron chi connectivity index (χ3n) is 8.76. The minimum atomic E-state index is -0.655. The first kappa shape index (κ1) is 32.0. The quantitative estimate of drug-likeness (QED) is 0.298. The topological polar surface area (TPSA) is 67.9 Å². The predicted octanol–water partition coefficient (Wildman–Crippen LogP) is 5.05. The zero-order valence-corrected chi connectivity index (χ0v) is 26.9. The SMILES string of the molecule is CCCN(CCC)Cc1ccccc1N1CCN(C(=O)[C@@H](Cc2ccc(Cl)cc2)NC(=O)[C@H]2Cc3ccccc3CN2)CC1. The van der Waals surface area contributed by atoms with Crippen LogP contribution in [0.1, 0.15) is 48.9 Å². The molecular formula is C36H46ClN5O2. The molecule has 234 valence electrons. The number of carbonyl (C=O) groups excluding carboxylic acids is 2. The largest absolute Gasteiger partial charge is 0.368 e. The molecule has 0 unspecified atom stereocenters. The summed E-state index contributed by atoms with van der Waals surface area (Å²) in [6.07, 6.45) is 3.30. The van der Waals surface area contributed by atoms with Crippen LogP contribution in [0.2, 0.25) is 5.02 Å². The zero-order chi connectivity index (χ0) is 30.9. The van der Waals surface area contributed by atoms with Crippen LogP contribution in [0.15, 0.2) is 72.8 Å². The van der Waals surface area contributed by atoms with Crippen molar-refractivity contribution in [3.8, 4) is 0 Å². The Morgan fingerprint density at radius 2 is 1.57 bits per heavy atom. The van der Waals surface area contributed by atoms with Gasteiger partial charge in [-0.1, -0.05) is 80.0 Å². The number of piperazine rings is 1. The lowest BCUT2D eigenvalue weighted by atomic mass is 9.95. The second-order valence-electron chi connectivity index (χ2n) is 12.0. The minimum absolute atomic E-state index is 0.0329. The van der Waals surface area contributed by atoms with Gasteiger partial charge in [-0.15, -0.1) is 0 Å². The summed E-state index contributed by atoms with van der Waals surface area (Å²) in [6, 6.07) is 23.4. The number of para-hydroxylation sites is 1. The van der Waals surface area contributed by atoms with E-state index in [4.69, 9.17) is 11.6 Å². The van der Waals surface area contributed by atoms with Gasteiger partial charge in [0.1, 0.15) is 6.04 Å². The summed E-state index contributed by atoms with van der Waals surface area (Å²) in [5, 5.41) is 7.14. The fourth-order valence-electron chi connectivity index (χ4n) is 6.45. The van der Waals surface area contributed by atoms with Crippen LogP contribution in [0.5, 0.6) is 0 Å². The summed E-state index contributed by atoms with van der Waals surface area (Å²) in [6.45, 7) is 11.0. The second kappa shape index (κ2) is 15.6. The molecular weight excluding hydrogens is 570 g/mol. The first-order chi connectivity index (χ1) is 21.4. The van der Waals surface area contributed by atoms with Gasteiger partial charge < -0.3 is 20.4 Å². The highest BCUT2D eigenvalue weighted by atomic mass is 35.5. The minimum Gasteiger partial charge on any atom is -0.368 e. The highest BCUT2D eigenvalue weighted by Crippen LogP contribution is 2.24. The average molecular weight is 616 g/mol. The normalized spacial score (nSPS) is 17.3. The van der Waals surface area contributed by atoms with Crippen molar-refractivity contribution >= 4 is 29.1 Å². The third-order valence-corrected chi connectivity index (χ3v) is 9.01. The Morgan fingerprint density at radius 1 is 0.909 bits per heavy atom. The number of hydrogen-bond donors (Lipinski definition) is 2. The molecule has 1 saturated heterocycles. The van der Waals surface area contributed by atoms with Gasteiger partial charge in [0.05, 0.1) is 6.04 Å². The van der Waals surface area contributed by atoms with Crippen molar-refractivity contribution in [2.24, 2.45) is 0 Å². The Morgan fingerprint density at radius 3 is 2.27 bits per heavy atom. The molecule has 2 aliphatic rings. The maximum absolute atomic E-state index is 14.0. The number of nitrogens with one attached hydrogen (secondary N) is 2. The van der Waals surface area contributed by atoms with E-state index in [0.717, 1.165) is 51.1 Å². The van der Waals surface area contributed by atoms with E-state index >= 15 is 0 Å². The van der Waals surface area contributed by atoms with Gasteiger partial charge in [0.25, 0.3) is 0 Å². The molecule has 5 rings (SSSR count). The Labute approximate surface area is 267 Å². The highest BCUT2D eigenvalue weighted by molar-refractivity contribution is 6.30. The number of benzene rings is 3. The molecule has 0 spiro atoms. The molecule has 2 atom stereocenters. The molecule has 3 aromatic rings. The van der Waals surface area contributed by atoms with Crippen molar-refractivity contribution < 1.29 is 9.59 Å². The van der Waals surface area contributed by atoms with Crippen LogP contribution in [-0.4, -0.2) is 73.0 Å². The van der Waals surface area contributed by atoms with Crippen molar-refractivity contribution in [3.63, 3.8) is 0 Å². The molecule has 1 fully saturated rings. The predicted molar refractivity (Wildman–Crippen MR) is 179 cm³/mol. The summed E-state index contributed by atoms with van der Waals surface area (Å²) >= 11 is 6.13. The van der Waals surface area contributed by atoms with Crippen LogP contribution in [0, 0.1) is 0 Å². The Balaban J connectivity index is 1.26. The Hall–Kier alpha value is -3.39. The van der Waals surface area contributed by atoms with Crippen LogP contribution in [0.3, 0.4) is 0 Å². The maximum Gasteiger partial charge on any atom is 0.245 e. The summed E-state index contributed by atoms with van der Waals surface area (Å²) in [7, 11) is 0. The number of fused-ring (bicyclic) bond motifs is 1. The second-order valence-corrected chi connectivity index (χ2v) is 12.5. The lowest BCUT2D eigenvalue weighted by Gasteiger charge is -2.39. The molecule has 0 radical (unpaired) electrons. The van der Waals surface area contributed by atoms with Gasteiger partial charge in [-0.3, -0.25) is 14.5 Å². The van der Waals surface area contributed by atoms with Gasteiger partial charge in [0.15, 0.2) is 0 Å². The fourth-order valence-corrected chi connectivity index (χ4v) is 6.58. The summed E-state index contributed by atoms with van der Waals surface area (Å²) in [5.41, 5.74) is 5.95. The molecule has 2 N–H and O–H groups in total. The van der Waals surface area contributed by atoms with E-state index in [1.807, 2.05) is 41.3 Å². The van der Waals surface area contributed by atoms with Crippen LogP contribution >= 0.6 is 11.6 Å². The molecule has 2 amide bonds. The van der Waals surface area contributed by atoms with Gasteiger partial charge in [-0.2, -0.15) is 0 Å². The van der Waals surface area contributed by atoms with Gasteiger partial charge in [0.2, 0.25) is 11.8 Å². The van der Waals surface area contributed by atoms with E-state index in [1.54, 1.807) is 0 Å². The van der Waals surface area contributed by atoms with Gasteiger partial charge >= 0.3 is 0 Å². The summed E-state index contributed by atoms with van der Waals surface area (Å²) in [4.78, 5) is 34.4. The highest BCUT2D eigenvalue weighted by Gasteiger charge is 2.32. The molecule has 7 nitrogen and oxygen atoms in total. The molecule has 2 heterocycles. The zero-order valence-electron chi connectivity index (χ0n) is 26.1. The molecule has 0 saturated carbocycles. The fraction of sp³-hybridized carbons (Fsp3) is 0.444. The van der Waals surface area contributed by atoms with Crippen LogP contribution < -0.4 is 15.5 Å². The smallest absolute Gasteiger partial charge is 0.245 e. The monoisotopic (exact) mass is 615 g/mol. The lowest BCUT2D eigenvalue weighted by molar-refractivity contribution is -0.137. The van der Waals surface area contributed by atoms with Crippen LogP contribution in [0.25, 0.3) is 0 Å². The molecule has 0 bridgehead atoms. The number of halogens is 1. The van der Waals surface area contributed by atoms with Crippen LogP contribution in [-0.2, 0) is 35.5 Å². The van der Waals surface area contributed by atoms with Crippen molar-refractivity contribution in [1.82, 2.24) is 20.4 Å². The number of carbonyl (C=O) groups is 2. The Kier molecular flexibility index (Phi) is 11.3. The van der Waals surface area contributed by atoms with E-state index in [2.05, 4.69) is 70.7 Å². The van der Waals surface area contributed by atoms with Crippen molar-refractivity contribution in [2.75, 3.05) is 44.2 Å². The number of nitrogens with zero attached hydrogens (tertiary/aromatic N) is 3. The number of anilines is 1. The molecule has 0 aromatic heterocycles. The maximum atomic E-state index is 14.0. The average Bonchev–Trinajstić information content (AvgIpc) is 3.05. The van der Waals surface area contributed by atoms with Gasteiger partial charge in [-0.05, 0) is 72.8 Å². The van der Waals surface area contributed by atoms with E-state index in [1.165, 1.54) is 22.4 Å². The van der Waals surface area contributed by atoms with Crippen molar-refractivity contribution in [1.29, 1.82) is 0 Å². The number of amides is 2. The van der Waals surface area contributed by atoms with Crippen molar-refractivity contribution in [3.05, 3.63) is 100 Å². The molecule has 3 aromatic carbocycles. The molecule has 0 aliphatic carbocycles. The van der Waals surface area contributed by atoms with E-state index in [-0.39, 0.29) is 17.9 Å². The number of rotatable bonds is 12. The lowest BCUT2D eigenvalue weighted by Crippen LogP contribution is -2.58. The molecule has 2 aliphatic heterocycles. The van der Waals surface area contributed by atoms with Crippen LogP contribution in [0.4, 0.5) is 5.69 Å². The standard InChI is InChI=1S/C36H46ClN5O2/c1-3-17-40(18-4-2)26-30-11-7-8-12-34(30)41-19-21-42(22-20-41)36(44)33(23-27-13-15-31(37)16-14-27)39-35(43)32-24-28-9-5-6-10-29(28)25-38-32/h5-16,32-33,38H,3-4,17-26H2,1-2H3,(H,39,43)/t32-,33-/m1/s1. The van der Waals surface area contributed by atoms with E-state index in [0.29, 0.717) is 37.5 Å². The Bertz CT molecular complexity index is 1380. The van der Waals surface area contributed by atoms with Gasteiger partial charge in [-0.25, -0.2) is 0 Å². The molecule has 8 heteroatoms. The van der Waals surface area contributed by atoms with E-state index in [9.17, 15) is 9.59 Å². The third kappa shape index (κ3) is 8.20. The van der Waals surface area contributed by atoms with E-state index < -0.39 is 6.04 Å². The van der Waals surface area contributed by atoms with Crippen molar-refractivity contribution in [2.45, 2.75) is 64.7 Å². The number of hydrogen-bond acceptors (Lipinski definition) is 5. The first-order valence-electron chi connectivity index (χ1n) is 16.1.